The van der Waals surface area contributed by atoms with Crippen LogP contribution in [0.3, 0.4) is 0 Å². The summed E-state index contributed by atoms with van der Waals surface area (Å²) in [6.45, 7) is 6.10. The van der Waals surface area contributed by atoms with Crippen LogP contribution >= 0.6 is 15.9 Å². The third kappa shape index (κ3) is 4.93. The molecule has 0 radical (unpaired) electrons. The molecule has 1 aromatic carbocycles. The summed E-state index contributed by atoms with van der Waals surface area (Å²) >= 11 is 3.49. The molecule has 1 aliphatic rings. The molecule has 0 spiro atoms. The highest BCUT2D eigenvalue weighted by Gasteiger charge is 2.25. The van der Waals surface area contributed by atoms with E-state index in [1.165, 1.54) is 32.1 Å². The fraction of sp³-hybridized carbons (Fsp3) is 0.611. The average molecular weight is 352 g/mol. The van der Waals surface area contributed by atoms with E-state index < -0.39 is 0 Å². The lowest BCUT2D eigenvalue weighted by Gasteiger charge is -2.29. The third-order valence-corrected chi connectivity index (χ3v) is 5.05. The molecule has 3 heteroatoms. The number of halogens is 1. The van der Waals surface area contributed by atoms with Crippen molar-refractivity contribution in [1.82, 2.24) is 4.90 Å². The first-order valence-electron chi connectivity index (χ1n) is 8.09. The van der Waals surface area contributed by atoms with Crippen molar-refractivity contribution in [3.63, 3.8) is 0 Å². The lowest BCUT2D eigenvalue weighted by Crippen LogP contribution is -2.38. The van der Waals surface area contributed by atoms with Crippen LogP contribution in [-0.2, 0) is 0 Å². The molecule has 0 aliphatic heterocycles. The average Bonchev–Trinajstić information content (AvgIpc) is 2.97. The first-order chi connectivity index (χ1) is 10.1. The van der Waals surface area contributed by atoms with Crippen LogP contribution in [-0.4, -0.2) is 29.8 Å². The van der Waals surface area contributed by atoms with Gasteiger partial charge in [0.1, 0.15) is 0 Å². The molecular weight excluding hydrogens is 326 g/mol. The van der Waals surface area contributed by atoms with Gasteiger partial charge in [0.25, 0.3) is 0 Å². The smallest absolute Gasteiger partial charge is 0.177 e. The van der Waals surface area contributed by atoms with Crippen LogP contribution in [0.25, 0.3) is 0 Å². The van der Waals surface area contributed by atoms with E-state index in [1.807, 2.05) is 24.3 Å². The van der Waals surface area contributed by atoms with Gasteiger partial charge in [-0.2, -0.15) is 0 Å². The van der Waals surface area contributed by atoms with Crippen molar-refractivity contribution >= 4 is 21.7 Å². The van der Waals surface area contributed by atoms with Gasteiger partial charge in [0, 0.05) is 16.1 Å². The van der Waals surface area contributed by atoms with Gasteiger partial charge in [-0.3, -0.25) is 9.69 Å². The fourth-order valence-electron chi connectivity index (χ4n) is 3.04. The Kier molecular flexibility index (Phi) is 6.43. The molecule has 0 unspecified atom stereocenters. The number of nitrogens with zero attached hydrogens (tertiary/aromatic N) is 1. The van der Waals surface area contributed by atoms with Crippen LogP contribution < -0.4 is 0 Å². The Labute approximate surface area is 137 Å². The Morgan fingerprint density at radius 1 is 1.29 bits per heavy atom. The molecule has 0 atom stereocenters. The Bertz CT molecular complexity index is 466. The van der Waals surface area contributed by atoms with Crippen LogP contribution in [0.15, 0.2) is 28.7 Å². The summed E-state index contributed by atoms with van der Waals surface area (Å²) in [5, 5.41) is 0. The molecule has 0 saturated heterocycles. The number of carbonyl (C=O) groups excluding carboxylic acids is 1. The van der Waals surface area contributed by atoms with E-state index in [0.717, 1.165) is 16.6 Å². The van der Waals surface area contributed by atoms with Gasteiger partial charge in [-0.25, -0.2) is 0 Å². The van der Waals surface area contributed by atoms with Crippen LogP contribution in [0.2, 0.25) is 0 Å². The second kappa shape index (κ2) is 8.09. The van der Waals surface area contributed by atoms with E-state index in [0.29, 0.717) is 18.5 Å². The van der Waals surface area contributed by atoms with Crippen molar-refractivity contribution < 1.29 is 4.79 Å². The molecule has 2 nitrogen and oxygen atoms in total. The molecule has 0 heterocycles. The van der Waals surface area contributed by atoms with E-state index >= 15 is 0 Å². The minimum atomic E-state index is 0.234. The molecule has 2 rings (SSSR count). The molecule has 21 heavy (non-hydrogen) atoms. The predicted molar refractivity (Wildman–Crippen MR) is 91.8 cm³/mol. The maximum absolute atomic E-state index is 12.6. The van der Waals surface area contributed by atoms with Crippen LogP contribution in [0.4, 0.5) is 0 Å². The van der Waals surface area contributed by atoms with Gasteiger partial charge in [0.2, 0.25) is 0 Å². The number of carbonyl (C=O) groups is 1. The number of ketones is 1. The number of hydrogen-bond donors (Lipinski definition) is 0. The summed E-state index contributed by atoms with van der Waals surface area (Å²) in [5.74, 6) is 0.922. The fourth-order valence-corrected chi connectivity index (χ4v) is 3.55. The monoisotopic (exact) mass is 351 g/mol. The van der Waals surface area contributed by atoms with Crippen LogP contribution in [0.5, 0.6) is 0 Å². The van der Waals surface area contributed by atoms with Gasteiger partial charge in [0.15, 0.2) is 5.78 Å². The van der Waals surface area contributed by atoms with E-state index in [-0.39, 0.29) is 5.78 Å². The first-order valence-corrected chi connectivity index (χ1v) is 8.89. The summed E-state index contributed by atoms with van der Waals surface area (Å²) < 4.78 is 0.908. The number of benzene rings is 1. The summed E-state index contributed by atoms with van der Waals surface area (Å²) in [6, 6.07) is 8.36. The quantitative estimate of drug-likeness (QED) is 0.649. The zero-order valence-electron chi connectivity index (χ0n) is 13.1. The van der Waals surface area contributed by atoms with E-state index in [4.69, 9.17) is 0 Å². The summed E-state index contributed by atoms with van der Waals surface area (Å²) in [6.07, 6.45) is 6.29. The zero-order valence-corrected chi connectivity index (χ0v) is 14.7. The molecule has 0 amide bonds. The molecule has 1 saturated carbocycles. The Morgan fingerprint density at radius 2 is 1.95 bits per heavy atom. The minimum absolute atomic E-state index is 0.234. The molecule has 1 fully saturated rings. The largest absolute Gasteiger partial charge is 0.293 e. The molecule has 116 valence electrons. The maximum Gasteiger partial charge on any atom is 0.177 e. The molecule has 0 bridgehead atoms. The predicted octanol–water partition coefficient (Wildman–Crippen LogP) is 4.92. The SMILES string of the molecule is CC(C)CCN(CC(=O)c1ccccc1Br)C1CCCC1. The molecule has 1 aliphatic carbocycles. The highest BCUT2D eigenvalue weighted by Crippen LogP contribution is 2.25. The van der Waals surface area contributed by atoms with Gasteiger partial charge in [-0.05, 0) is 37.8 Å². The number of hydrogen-bond acceptors (Lipinski definition) is 2. The molecule has 1 aromatic rings. The van der Waals surface area contributed by atoms with Crippen molar-refractivity contribution in [1.29, 1.82) is 0 Å². The summed E-state index contributed by atoms with van der Waals surface area (Å²) in [5.41, 5.74) is 0.810. The van der Waals surface area contributed by atoms with E-state index in [1.54, 1.807) is 0 Å². The number of rotatable bonds is 7. The topological polar surface area (TPSA) is 20.3 Å². The van der Waals surface area contributed by atoms with Crippen molar-refractivity contribution in [2.24, 2.45) is 5.92 Å². The van der Waals surface area contributed by atoms with Gasteiger partial charge < -0.3 is 0 Å². The van der Waals surface area contributed by atoms with Gasteiger partial charge in [-0.1, -0.05) is 60.8 Å². The van der Waals surface area contributed by atoms with Gasteiger partial charge in [0.05, 0.1) is 6.54 Å². The van der Waals surface area contributed by atoms with E-state index in [9.17, 15) is 4.79 Å². The normalized spacial score (nSPS) is 16.0. The highest BCUT2D eigenvalue weighted by atomic mass is 79.9. The number of Topliss-reactive ketones (excluding diaryl/α,β-unsaturated/α-hetero) is 1. The highest BCUT2D eigenvalue weighted by molar-refractivity contribution is 9.10. The maximum atomic E-state index is 12.6. The molecular formula is C18H26BrNO. The molecule has 0 aromatic heterocycles. The second-order valence-corrected chi connectivity index (χ2v) is 7.35. The van der Waals surface area contributed by atoms with Crippen molar-refractivity contribution in [3.8, 4) is 0 Å². The minimum Gasteiger partial charge on any atom is -0.293 e. The van der Waals surface area contributed by atoms with Gasteiger partial charge >= 0.3 is 0 Å². The Hall–Kier alpha value is -0.670. The Balaban J connectivity index is 2.03. The van der Waals surface area contributed by atoms with Gasteiger partial charge in [-0.15, -0.1) is 0 Å². The summed E-state index contributed by atoms with van der Waals surface area (Å²) in [7, 11) is 0. The lowest BCUT2D eigenvalue weighted by molar-refractivity contribution is 0.0885. The molecule has 0 N–H and O–H groups in total. The first kappa shape index (κ1) is 16.7. The van der Waals surface area contributed by atoms with Crippen molar-refractivity contribution in [2.45, 2.75) is 52.0 Å². The standard InChI is InChI=1S/C18H26BrNO/c1-14(2)11-12-20(15-7-3-4-8-15)13-18(21)16-9-5-6-10-17(16)19/h5-6,9-10,14-15H,3-4,7-8,11-13H2,1-2H3. The summed E-state index contributed by atoms with van der Waals surface area (Å²) in [4.78, 5) is 15.0. The zero-order chi connectivity index (χ0) is 15.2. The van der Waals surface area contributed by atoms with Crippen LogP contribution in [0, 0.1) is 5.92 Å². The Morgan fingerprint density at radius 3 is 2.57 bits per heavy atom. The third-order valence-electron chi connectivity index (χ3n) is 4.36. The van der Waals surface area contributed by atoms with E-state index in [2.05, 4.69) is 34.7 Å². The van der Waals surface area contributed by atoms with Crippen molar-refractivity contribution in [2.75, 3.05) is 13.1 Å². The lowest BCUT2D eigenvalue weighted by atomic mass is 10.1. The van der Waals surface area contributed by atoms with Crippen LogP contribution in [0.1, 0.15) is 56.3 Å². The van der Waals surface area contributed by atoms with Crippen molar-refractivity contribution in [3.05, 3.63) is 34.3 Å². The second-order valence-electron chi connectivity index (χ2n) is 6.49.